The van der Waals surface area contributed by atoms with Gasteiger partial charge in [-0.2, -0.15) is 0 Å². The van der Waals surface area contributed by atoms with E-state index in [1.807, 2.05) is 30.3 Å². The number of benzene rings is 3. The summed E-state index contributed by atoms with van der Waals surface area (Å²) >= 11 is 0. The van der Waals surface area contributed by atoms with Crippen molar-refractivity contribution in [3.63, 3.8) is 0 Å². The van der Waals surface area contributed by atoms with Crippen molar-refractivity contribution < 1.29 is 9.59 Å². The summed E-state index contributed by atoms with van der Waals surface area (Å²) in [7, 11) is 3.44. The first-order valence-electron chi connectivity index (χ1n) is 9.42. The summed E-state index contributed by atoms with van der Waals surface area (Å²) < 4.78 is 0. The standard InChI is InChI=1S/C23H23N3O2/c1-26(2)22(27)18-7-3-5-15(13-18)14-24-23(28)25-20-12-11-17-10-9-16-6-4-8-19(20)21(16)17/h3-8,11-13H,9-10,14H2,1-2H3,(H2,24,25,28). The number of carbonyl (C=O) groups is 2. The molecule has 1 aliphatic rings. The van der Waals surface area contributed by atoms with Gasteiger partial charge in [-0.25, -0.2) is 4.79 Å². The third kappa shape index (κ3) is 3.43. The number of nitrogens with one attached hydrogen (secondary N) is 2. The molecule has 3 aromatic carbocycles. The average Bonchev–Trinajstić information content (AvgIpc) is 3.13. The van der Waals surface area contributed by atoms with Gasteiger partial charge in [0.15, 0.2) is 0 Å². The summed E-state index contributed by atoms with van der Waals surface area (Å²) in [4.78, 5) is 26.1. The van der Waals surface area contributed by atoms with Gasteiger partial charge in [0, 0.05) is 31.6 Å². The lowest BCUT2D eigenvalue weighted by Crippen LogP contribution is -2.28. The van der Waals surface area contributed by atoms with Crippen molar-refractivity contribution in [2.24, 2.45) is 0 Å². The fourth-order valence-electron chi connectivity index (χ4n) is 3.78. The van der Waals surface area contributed by atoms with E-state index in [1.165, 1.54) is 21.4 Å². The molecule has 142 valence electrons. The van der Waals surface area contributed by atoms with Crippen LogP contribution in [0.1, 0.15) is 27.0 Å². The Balaban J connectivity index is 1.46. The van der Waals surface area contributed by atoms with Crippen LogP contribution in [0.3, 0.4) is 0 Å². The summed E-state index contributed by atoms with van der Waals surface area (Å²) in [5.74, 6) is -0.0563. The van der Waals surface area contributed by atoms with E-state index in [2.05, 4.69) is 28.8 Å². The van der Waals surface area contributed by atoms with Gasteiger partial charge in [0.2, 0.25) is 0 Å². The molecule has 0 saturated carbocycles. The molecule has 0 atom stereocenters. The molecule has 0 bridgehead atoms. The first kappa shape index (κ1) is 18.0. The maximum atomic E-state index is 12.4. The Labute approximate surface area is 164 Å². The number of nitrogens with zero attached hydrogens (tertiary/aromatic N) is 1. The summed E-state index contributed by atoms with van der Waals surface area (Å²) in [5.41, 5.74) is 5.00. The van der Waals surface area contributed by atoms with Crippen LogP contribution in [-0.2, 0) is 19.4 Å². The van der Waals surface area contributed by atoms with Crippen LogP contribution in [0.2, 0.25) is 0 Å². The van der Waals surface area contributed by atoms with E-state index >= 15 is 0 Å². The average molecular weight is 373 g/mol. The topological polar surface area (TPSA) is 61.4 Å². The van der Waals surface area contributed by atoms with Crippen LogP contribution in [0.15, 0.2) is 54.6 Å². The zero-order valence-corrected chi connectivity index (χ0v) is 16.1. The molecule has 28 heavy (non-hydrogen) atoms. The lowest BCUT2D eigenvalue weighted by Gasteiger charge is -2.13. The minimum atomic E-state index is -0.261. The van der Waals surface area contributed by atoms with E-state index < -0.39 is 0 Å². The number of hydrogen-bond acceptors (Lipinski definition) is 2. The summed E-state index contributed by atoms with van der Waals surface area (Å²) in [6, 6.07) is 17.4. The quantitative estimate of drug-likeness (QED) is 0.727. The second kappa shape index (κ2) is 7.35. The van der Waals surface area contributed by atoms with Crippen molar-refractivity contribution in [2.75, 3.05) is 19.4 Å². The van der Waals surface area contributed by atoms with Gasteiger partial charge in [-0.1, -0.05) is 36.4 Å². The Morgan fingerprint density at radius 3 is 2.50 bits per heavy atom. The van der Waals surface area contributed by atoms with Gasteiger partial charge in [0.05, 0.1) is 5.69 Å². The Morgan fingerprint density at radius 1 is 0.964 bits per heavy atom. The van der Waals surface area contributed by atoms with Gasteiger partial charge >= 0.3 is 6.03 Å². The molecule has 0 radical (unpaired) electrons. The van der Waals surface area contributed by atoms with Crippen LogP contribution < -0.4 is 10.6 Å². The Hall–Kier alpha value is -3.34. The van der Waals surface area contributed by atoms with E-state index in [4.69, 9.17) is 0 Å². The molecule has 3 aromatic rings. The van der Waals surface area contributed by atoms with E-state index in [0.29, 0.717) is 12.1 Å². The molecule has 0 heterocycles. The molecule has 2 N–H and O–H groups in total. The number of amides is 3. The molecular formula is C23H23N3O2. The van der Waals surface area contributed by atoms with Crippen LogP contribution in [0.25, 0.3) is 10.8 Å². The Morgan fingerprint density at radius 2 is 1.71 bits per heavy atom. The van der Waals surface area contributed by atoms with Crippen LogP contribution >= 0.6 is 0 Å². The van der Waals surface area contributed by atoms with Crippen molar-refractivity contribution >= 4 is 28.4 Å². The van der Waals surface area contributed by atoms with Crippen LogP contribution in [0.5, 0.6) is 0 Å². The molecule has 3 amide bonds. The van der Waals surface area contributed by atoms with Gasteiger partial charge in [0.1, 0.15) is 0 Å². The summed E-state index contributed by atoms with van der Waals surface area (Å²) in [5, 5.41) is 8.20. The fourth-order valence-corrected chi connectivity index (χ4v) is 3.78. The van der Waals surface area contributed by atoms with Gasteiger partial charge < -0.3 is 15.5 Å². The van der Waals surface area contributed by atoms with E-state index in [0.717, 1.165) is 29.5 Å². The molecule has 1 aliphatic carbocycles. The number of anilines is 1. The number of hydrogen-bond donors (Lipinski definition) is 2. The Kier molecular flexibility index (Phi) is 4.74. The largest absolute Gasteiger partial charge is 0.345 e. The predicted octanol–water partition coefficient (Wildman–Crippen LogP) is 3.96. The number of rotatable bonds is 4. The molecule has 0 saturated heterocycles. The van der Waals surface area contributed by atoms with Crippen molar-refractivity contribution in [3.05, 3.63) is 76.9 Å². The SMILES string of the molecule is CN(C)C(=O)c1cccc(CNC(=O)Nc2ccc3c4c(cccc24)CC3)c1. The number of urea groups is 1. The first-order valence-corrected chi connectivity index (χ1v) is 9.42. The van der Waals surface area contributed by atoms with Gasteiger partial charge in [-0.05, 0) is 53.1 Å². The monoisotopic (exact) mass is 373 g/mol. The molecule has 4 rings (SSSR count). The van der Waals surface area contributed by atoms with Crippen molar-refractivity contribution in [2.45, 2.75) is 19.4 Å². The van der Waals surface area contributed by atoms with Crippen molar-refractivity contribution in [3.8, 4) is 0 Å². The Bertz CT molecular complexity index is 1060. The van der Waals surface area contributed by atoms with Crippen LogP contribution in [-0.4, -0.2) is 30.9 Å². The molecule has 0 aliphatic heterocycles. The molecular weight excluding hydrogens is 350 g/mol. The molecule has 0 aromatic heterocycles. The summed E-state index contributed by atoms with van der Waals surface area (Å²) in [6.45, 7) is 0.349. The highest BCUT2D eigenvalue weighted by molar-refractivity contribution is 6.04. The maximum Gasteiger partial charge on any atom is 0.319 e. The van der Waals surface area contributed by atoms with E-state index in [1.54, 1.807) is 20.2 Å². The lowest BCUT2D eigenvalue weighted by molar-refractivity contribution is 0.0827. The van der Waals surface area contributed by atoms with E-state index in [9.17, 15) is 9.59 Å². The first-order chi connectivity index (χ1) is 13.5. The van der Waals surface area contributed by atoms with Gasteiger partial charge in [-0.15, -0.1) is 0 Å². The summed E-state index contributed by atoms with van der Waals surface area (Å²) in [6.07, 6.45) is 2.12. The van der Waals surface area contributed by atoms with Crippen LogP contribution in [0, 0.1) is 0 Å². The molecule has 0 spiro atoms. The third-order valence-corrected chi connectivity index (χ3v) is 5.16. The minimum absolute atomic E-state index is 0.0563. The molecule has 0 fully saturated rings. The number of aryl methyl sites for hydroxylation is 2. The third-order valence-electron chi connectivity index (χ3n) is 5.16. The maximum absolute atomic E-state index is 12.4. The van der Waals surface area contributed by atoms with Gasteiger partial charge in [0.25, 0.3) is 5.91 Å². The highest BCUT2D eigenvalue weighted by Gasteiger charge is 2.16. The van der Waals surface area contributed by atoms with Crippen molar-refractivity contribution in [1.29, 1.82) is 0 Å². The molecule has 0 unspecified atom stereocenters. The lowest BCUT2D eigenvalue weighted by atomic mass is 10.0. The van der Waals surface area contributed by atoms with E-state index in [-0.39, 0.29) is 11.9 Å². The molecule has 5 nitrogen and oxygen atoms in total. The zero-order valence-electron chi connectivity index (χ0n) is 16.1. The predicted molar refractivity (Wildman–Crippen MR) is 112 cm³/mol. The number of carbonyl (C=O) groups excluding carboxylic acids is 2. The molecule has 5 heteroatoms. The van der Waals surface area contributed by atoms with Crippen molar-refractivity contribution in [1.82, 2.24) is 10.2 Å². The fraction of sp³-hybridized carbons (Fsp3) is 0.217. The second-order valence-corrected chi connectivity index (χ2v) is 7.32. The highest BCUT2D eigenvalue weighted by Crippen LogP contribution is 2.34. The van der Waals surface area contributed by atoms with Crippen LogP contribution in [0.4, 0.5) is 10.5 Å². The normalized spacial score (nSPS) is 12.1. The zero-order chi connectivity index (χ0) is 19.7. The smallest absolute Gasteiger partial charge is 0.319 e. The minimum Gasteiger partial charge on any atom is -0.345 e. The second-order valence-electron chi connectivity index (χ2n) is 7.32. The van der Waals surface area contributed by atoms with Gasteiger partial charge in [-0.3, -0.25) is 4.79 Å². The highest BCUT2D eigenvalue weighted by atomic mass is 16.2.